The van der Waals surface area contributed by atoms with Crippen LogP contribution in [0.5, 0.6) is 0 Å². The van der Waals surface area contributed by atoms with Crippen LogP contribution < -0.4 is 5.69 Å². The highest BCUT2D eigenvalue weighted by Crippen LogP contribution is 2.20. The number of pyridine rings is 1. The zero-order valence-electron chi connectivity index (χ0n) is 12.5. The Hall–Kier alpha value is -2.26. The molecule has 1 N–H and O–H groups in total. The molecule has 0 aromatic carbocycles. The number of hydrogen-bond donors (Lipinski definition) is 1. The topological polar surface area (TPSA) is 90.9 Å². The standard InChI is InChI=1S/C15H14N4O4.ClH/c20-8-14-22-9-13(23-14)18-6-4-12-17-11(7-19(12)15(18)21)10-3-1-2-5-16-10;/h1-7,13-14,20H,8-9H2;1H/t13-,14-;/m1./s1. The molecule has 1 fully saturated rings. The largest absolute Gasteiger partial charge is 0.391 e. The van der Waals surface area contributed by atoms with E-state index in [-0.39, 0.29) is 31.3 Å². The molecule has 126 valence electrons. The van der Waals surface area contributed by atoms with E-state index in [2.05, 4.69) is 9.97 Å². The lowest BCUT2D eigenvalue weighted by atomic mass is 10.3. The molecule has 3 aromatic heterocycles. The summed E-state index contributed by atoms with van der Waals surface area (Å²) in [7, 11) is 0. The van der Waals surface area contributed by atoms with Gasteiger partial charge >= 0.3 is 5.69 Å². The van der Waals surface area contributed by atoms with Gasteiger partial charge in [0.25, 0.3) is 0 Å². The molecule has 4 rings (SSSR count). The Labute approximate surface area is 142 Å². The van der Waals surface area contributed by atoms with Gasteiger partial charge in [0.15, 0.2) is 12.5 Å². The number of nitrogens with zero attached hydrogens (tertiary/aromatic N) is 4. The van der Waals surface area contributed by atoms with Gasteiger partial charge in [-0.2, -0.15) is 0 Å². The van der Waals surface area contributed by atoms with Crippen molar-refractivity contribution in [2.24, 2.45) is 0 Å². The number of aliphatic hydroxyl groups excluding tert-OH is 1. The molecular weight excluding hydrogens is 336 g/mol. The Morgan fingerprint density at radius 2 is 2.17 bits per heavy atom. The molecule has 2 atom stereocenters. The van der Waals surface area contributed by atoms with E-state index in [1.165, 1.54) is 8.97 Å². The molecule has 0 radical (unpaired) electrons. The fourth-order valence-corrected chi connectivity index (χ4v) is 2.54. The zero-order valence-corrected chi connectivity index (χ0v) is 13.3. The molecule has 0 saturated carbocycles. The molecule has 1 saturated heterocycles. The van der Waals surface area contributed by atoms with E-state index in [9.17, 15) is 4.79 Å². The number of aliphatic hydroxyl groups is 1. The highest BCUT2D eigenvalue weighted by molar-refractivity contribution is 5.85. The highest BCUT2D eigenvalue weighted by atomic mass is 35.5. The summed E-state index contributed by atoms with van der Waals surface area (Å²) in [4.78, 5) is 21.3. The number of ether oxygens (including phenoxy) is 2. The smallest absolute Gasteiger partial charge is 0.336 e. The number of fused-ring (bicyclic) bond motifs is 1. The SMILES string of the molecule is Cl.O=c1n([C@H]2CO[C@@H](CO)O2)ccc2nc(-c3ccccn3)cn12. The van der Waals surface area contributed by atoms with Crippen molar-refractivity contribution in [2.45, 2.75) is 12.5 Å². The zero-order chi connectivity index (χ0) is 15.8. The molecular formula is C15H15ClN4O4. The molecule has 24 heavy (non-hydrogen) atoms. The first kappa shape index (κ1) is 16.6. The van der Waals surface area contributed by atoms with Crippen LogP contribution in [0.15, 0.2) is 47.7 Å². The molecule has 0 amide bonds. The Morgan fingerprint density at radius 1 is 1.29 bits per heavy atom. The van der Waals surface area contributed by atoms with Gasteiger partial charge in [-0.25, -0.2) is 9.78 Å². The number of imidazole rings is 1. The van der Waals surface area contributed by atoms with Crippen molar-refractivity contribution in [3.63, 3.8) is 0 Å². The Kier molecular flexibility index (Phi) is 4.63. The van der Waals surface area contributed by atoms with Gasteiger partial charge in [-0.15, -0.1) is 12.4 Å². The Morgan fingerprint density at radius 3 is 2.88 bits per heavy atom. The fourth-order valence-electron chi connectivity index (χ4n) is 2.54. The molecule has 9 heteroatoms. The van der Waals surface area contributed by atoms with E-state index in [0.29, 0.717) is 17.0 Å². The molecule has 3 aromatic rings. The number of hydrogen-bond acceptors (Lipinski definition) is 6. The molecule has 0 aliphatic carbocycles. The minimum absolute atomic E-state index is 0. The van der Waals surface area contributed by atoms with Gasteiger partial charge in [-0.3, -0.25) is 14.0 Å². The summed E-state index contributed by atoms with van der Waals surface area (Å²) in [6, 6.07) is 7.24. The predicted octanol–water partition coefficient (Wildman–Crippen LogP) is 0.844. The first-order valence-corrected chi connectivity index (χ1v) is 7.16. The monoisotopic (exact) mass is 350 g/mol. The van der Waals surface area contributed by atoms with E-state index in [1.807, 2.05) is 18.2 Å². The lowest BCUT2D eigenvalue weighted by molar-refractivity contribution is -0.0993. The number of rotatable bonds is 3. The first-order valence-electron chi connectivity index (χ1n) is 7.16. The van der Waals surface area contributed by atoms with Gasteiger partial charge in [-0.05, 0) is 18.2 Å². The maximum absolute atomic E-state index is 12.6. The quantitative estimate of drug-likeness (QED) is 0.753. The fraction of sp³-hybridized carbons (Fsp3) is 0.267. The van der Waals surface area contributed by atoms with Crippen molar-refractivity contribution in [3.8, 4) is 11.4 Å². The summed E-state index contributed by atoms with van der Waals surface area (Å²) in [5.41, 5.74) is 1.56. The van der Waals surface area contributed by atoms with Crippen LogP contribution in [-0.4, -0.2) is 43.5 Å². The summed E-state index contributed by atoms with van der Waals surface area (Å²) >= 11 is 0. The molecule has 1 aliphatic heterocycles. The lowest BCUT2D eigenvalue weighted by Gasteiger charge is -2.12. The third kappa shape index (κ3) is 2.80. The Bertz CT molecular complexity index is 895. The average Bonchev–Trinajstić information content (AvgIpc) is 3.23. The lowest BCUT2D eigenvalue weighted by Crippen LogP contribution is -2.30. The van der Waals surface area contributed by atoms with Crippen molar-refractivity contribution >= 4 is 18.1 Å². The van der Waals surface area contributed by atoms with E-state index < -0.39 is 12.5 Å². The van der Waals surface area contributed by atoms with Crippen LogP contribution in [0, 0.1) is 0 Å². The van der Waals surface area contributed by atoms with Crippen molar-refractivity contribution < 1.29 is 14.6 Å². The summed E-state index contributed by atoms with van der Waals surface area (Å²) in [5, 5.41) is 9.04. The summed E-state index contributed by atoms with van der Waals surface area (Å²) in [6.07, 6.45) is 3.67. The van der Waals surface area contributed by atoms with Crippen LogP contribution in [0.2, 0.25) is 0 Å². The van der Waals surface area contributed by atoms with Crippen molar-refractivity contribution in [1.82, 2.24) is 18.9 Å². The van der Waals surface area contributed by atoms with Crippen LogP contribution in [-0.2, 0) is 9.47 Å². The second-order valence-corrected chi connectivity index (χ2v) is 5.11. The normalized spacial score (nSPS) is 20.2. The van der Waals surface area contributed by atoms with Crippen LogP contribution >= 0.6 is 12.4 Å². The molecule has 8 nitrogen and oxygen atoms in total. The Balaban J connectivity index is 0.00000169. The molecule has 0 spiro atoms. The first-order chi connectivity index (χ1) is 11.3. The molecule has 0 bridgehead atoms. The van der Waals surface area contributed by atoms with Crippen molar-refractivity contribution in [3.05, 3.63) is 53.3 Å². The van der Waals surface area contributed by atoms with Gasteiger partial charge in [0.05, 0.1) is 18.9 Å². The van der Waals surface area contributed by atoms with E-state index >= 15 is 0 Å². The van der Waals surface area contributed by atoms with Crippen molar-refractivity contribution in [1.29, 1.82) is 0 Å². The molecule has 4 heterocycles. The van der Waals surface area contributed by atoms with Gasteiger partial charge in [0.2, 0.25) is 0 Å². The van der Waals surface area contributed by atoms with Gasteiger partial charge in [-0.1, -0.05) is 6.07 Å². The van der Waals surface area contributed by atoms with Gasteiger partial charge in [0.1, 0.15) is 11.3 Å². The summed E-state index contributed by atoms with van der Waals surface area (Å²) in [6.45, 7) is -0.0408. The summed E-state index contributed by atoms with van der Waals surface area (Å²) < 4.78 is 13.6. The van der Waals surface area contributed by atoms with Gasteiger partial charge < -0.3 is 14.6 Å². The maximum Gasteiger partial charge on any atom is 0.336 e. The predicted molar refractivity (Wildman–Crippen MR) is 86.9 cm³/mol. The third-order valence-electron chi connectivity index (χ3n) is 3.66. The van der Waals surface area contributed by atoms with Crippen molar-refractivity contribution in [2.75, 3.05) is 13.2 Å². The molecule has 0 unspecified atom stereocenters. The minimum Gasteiger partial charge on any atom is -0.391 e. The van der Waals surface area contributed by atoms with E-state index in [4.69, 9.17) is 14.6 Å². The van der Waals surface area contributed by atoms with Crippen LogP contribution in [0.1, 0.15) is 6.23 Å². The van der Waals surface area contributed by atoms with E-state index in [1.54, 1.807) is 24.7 Å². The highest BCUT2D eigenvalue weighted by Gasteiger charge is 2.27. The van der Waals surface area contributed by atoms with Crippen LogP contribution in [0.25, 0.3) is 17.0 Å². The second kappa shape index (κ2) is 6.70. The number of halogens is 1. The van der Waals surface area contributed by atoms with Gasteiger partial charge in [0, 0.05) is 18.6 Å². The van der Waals surface area contributed by atoms with E-state index in [0.717, 1.165) is 0 Å². The van der Waals surface area contributed by atoms with Crippen LogP contribution in [0.4, 0.5) is 0 Å². The summed E-state index contributed by atoms with van der Waals surface area (Å²) in [5.74, 6) is 0. The second-order valence-electron chi connectivity index (χ2n) is 5.11. The minimum atomic E-state index is -0.700. The van der Waals surface area contributed by atoms with Crippen LogP contribution in [0.3, 0.4) is 0 Å². The third-order valence-corrected chi connectivity index (χ3v) is 3.66. The maximum atomic E-state index is 12.6. The molecule has 1 aliphatic rings. The number of aromatic nitrogens is 4. The average molecular weight is 351 g/mol.